The normalized spacial score (nSPS) is 11.9. The van der Waals surface area contributed by atoms with Gasteiger partial charge < -0.3 is 14.3 Å². The first kappa shape index (κ1) is 28.4. The van der Waals surface area contributed by atoms with Crippen LogP contribution in [0.3, 0.4) is 0 Å². The number of carbonyl (C=O) groups is 3. The van der Waals surface area contributed by atoms with Crippen LogP contribution in [0.5, 0.6) is 0 Å². The van der Waals surface area contributed by atoms with Crippen LogP contribution >= 0.6 is 0 Å². The summed E-state index contributed by atoms with van der Waals surface area (Å²) in [6.45, 7) is 8.34. The van der Waals surface area contributed by atoms with E-state index in [9.17, 15) is 14.4 Å². The summed E-state index contributed by atoms with van der Waals surface area (Å²) in [4.78, 5) is 35.7. The summed E-state index contributed by atoms with van der Waals surface area (Å²) in [5, 5.41) is 8.93. The minimum Gasteiger partial charge on any atom is -0.519 e. The molecule has 0 fully saturated rings. The Labute approximate surface area is 183 Å². The molecule has 0 aromatic carbocycles. The summed E-state index contributed by atoms with van der Waals surface area (Å²) >= 11 is 0. The molecule has 0 amide bonds. The second-order valence-corrected chi connectivity index (χ2v) is 12.0. The Hall–Kier alpha value is -1.63. The van der Waals surface area contributed by atoms with Gasteiger partial charge in [-0.2, -0.15) is 0 Å². The van der Waals surface area contributed by atoms with Crippen LogP contribution in [0.1, 0.15) is 91.9 Å². The van der Waals surface area contributed by atoms with E-state index in [2.05, 4.69) is 20.8 Å². The standard InChI is InChI=1S/C23H42O6Si/c1-5-9-13-20(19-21(24)25)23(27)28-15-14-22(26)29-30(16-10-6-2,17-11-7-3)18-12-8-4/h19H,5-18H2,1-4H3,(H,24,25)/b20-19-. The van der Waals surface area contributed by atoms with Crippen LogP contribution in [0.15, 0.2) is 11.6 Å². The zero-order valence-corrected chi connectivity index (χ0v) is 20.5. The number of unbranched alkanes of at least 4 members (excludes halogenated alkanes) is 4. The highest BCUT2D eigenvalue weighted by Crippen LogP contribution is 2.30. The van der Waals surface area contributed by atoms with E-state index in [4.69, 9.17) is 14.3 Å². The molecule has 1 N–H and O–H groups in total. The maximum atomic E-state index is 12.6. The first-order valence-electron chi connectivity index (χ1n) is 11.7. The SMILES string of the molecule is CCCC/C(=C/C(=O)O)C(=O)OCCC(=O)O[Si](CCCC)(CCCC)CCCC. The van der Waals surface area contributed by atoms with Crippen LogP contribution in [0.4, 0.5) is 0 Å². The van der Waals surface area contributed by atoms with Gasteiger partial charge in [0.25, 0.3) is 14.3 Å². The van der Waals surface area contributed by atoms with Gasteiger partial charge in [0.05, 0.1) is 6.42 Å². The summed E-state index contributed by atoms with van der Waals surface area (Å²) in [5.41, 5.74) is 0.135. The number of esters is 1. The lowest BCUT2D eigenvalue weighted by atomic mass is 10.1. The molecule has 0 radical (unpaired) electrons. The van der Waals surface area contributed by atoms with Crippen molar-refractivity contribution >= 4 is 26.2 Å². The molecule has 0 saturated carbocycles. The minimum atomic E-state index is -2.14. The van der Waals surface area contributed by atoms with Gasteiger partial charge in [0.15, 0.2) is 0 Å². The van der Waals surface area contributed by atoms with E-state index in [1.165, 1.54) is 0 Å². The molecule has 0 aliphatic carbocycles. The van der Waals surface area contributed by atoms with Crippen LogP contribution < -0.4 is 0 Å². The molecule has 0 atom stereocenters. The molecule has 0 rings (SSSR count). The largest absolute Gasteiger partial charge is 0.519 e. The predicted molar refractivity (Wildman–Crippen MR) is 122 cm³/mol. The van der Waals surface area contributed by atoms with E-state index in [0.717, 1.165) is 69.2 Å². The average Bonchev–Trinajstić information content (AvgIpc) is 2.71. The molecule has 0 bridgehead atoms. The van der Waals surface area contributed by atoms with Crippen molar-refractivity contribution in [1.29, 1.82) is 0 Å². The fraction of sp³-hybridized carbons (Fsp3) is 0.783. The third kappa shape index (κ3) is 12.8. The van der Waals surface area contributed by atoms with Crippen LogP contribution in [0, 0.1) is 0 Å². The molecule has 0 aromatic heterocycles. The van der Waals surface area contributed by atoms with Gasteiger partial charge in [-0.05, 0) is 31.0 Å². The zero-order chi connectivity index (χ0) is 22.8. The smallest absolute Gasteiger partial charge is 0.334 e. The van der Waals surface area contributed by atoms with Crippen molar-refractivity contribution < 1.29 is 28.7 Å². The van der Waals surface area contributed by atoms with Crippen molar-refractivity contribution in [1.82, 2.24) is 0 Å². The molecule has 7 heteroatoms. The van der Waals surface area contributed by atoms with Crippen molar-refractivity contribution in [3.05, 3.63) is 11.6 Å². The van der Waals surface area contributed by atoms with Gasteiger partial charge >= 0.3 is 11.9 Å². The summed E-state index contributed by atoms with van der Waals surface area (Å²) < 4.78 is 11.3. The lowest BCUT2D eigenvalue weighted by molar-refractivity contribution is -0.143. The molecule has 0 heterocycles. The van der Waals surface area contributed by atoms with Crippen LogP contribution in [-0.2, 0) is 23.5 Å². The fourth-order valence-corrected chi connectivity index (χ4v) is 8.02. The molecular formula is C23H42O6Si. The maximum Gasteiger partial charge on any atom is 0.334 e. The summed E-state index contributed by atoms with van der Waals surface area (Å²) in [5.74, 6) is -2.13. The highest BCUT2D eigenvalue weighted by atomic mass is 28.4. The molecule has 0 unspecified atom stereocenters. The van der Waals surface area contributed by atoms with E-state index >= 15 is 0 Å². The van der Waals surface area contributed by atoms with Crippen LogP contribution in [0.25, 0.3) is 0 Å². The first-order chi connectivity index (χ1) is 14.3. The van der Waals surface area contributed by atoms with E-state index in [1.54, 1.807) is 0 Å². The number of carboxylic acid groups (broad SMARTS) is 1. The quantitative estimate of drug-likeness (QED) is 0.159. The highest BCUT2D eigenvalue weighted by Gasteiger charge is 2.36. The van der Waals surface area contributed by atoms with Gasteiger partial charge in [0, 0.05) is 11.6 Å². The Bertz CT molecular complexity index is 522. The zero-order valence-electron chi connectivity index (χ0n) is 19.5. The predicted octanol–water partition coefficient (Wildman–Crippen LogP) is 6.01. The lowest BCUT2D eigenvalue weighted by Gasteiger charge is -2.31. The second-order valence-electron chi connectivity index (χ2n) is 7.97. The van der Waals surface area contributed by atoms with Crippen molar-refractivity contribution in [3.8, 4) is 0 Å². The Balaban J connectivity index is 4.88. The molecule has 0 aromatic rings. The topological polar surface area (TPSA) is 89.9 Å². The number of hydrogen-bond donors (Lipinski definition) is 1. The third-order valence-corrected chi connectivity index (χ3v) is 9.64. The Kier molecular flexibility index (Phi) is 16.2. The van der Waals surface area contributed by atoms with Crippen LogP contribution in [-0.4, -0.2) is 37.9 Å². The average molecular weight is 443 g/mol. The van der Waals surface area contributed by atoms with E-state index in [1.807, 2.05) is 6.92 Å². The Morgan fingerprint density at radius 1 is 0.800 bits per heavy atom. The highest BCUT2D eigenvalue weighted by molar-refractivity contribution is 6.75. The van der Waals surface area contributed by atoms with Gasteiger partial charge in [-0.3, -0.25) is 4.79 Å². The monoisotopic (exact) mass is 442 g/mol. The molecule has 0 aliphatic heterocycles. The molecule has 0 saturated heterocycles. The van der Waals surface area contributed by atoms with E-state index in [-0.39, 0.29) is 24.6 Å². The second kappa shape index (κ2) is 17.1. The van der Waals surface area contributed by atoms with E-state index < -0.39 is 20.3 Å². The molecule has 0 aliphatic rings. The van der Waals surface area contributed by atoms with Crippen LogP contribution in [0.2, 0.25) is 18.1 Å². The molecule has 30 heavy (non-hydrogen) atoms. The van der Waals surface area contributed by atoms with Gasteiger partial charge in [-0.15, -0.1) is 0 Å². The number of hydrogen-bond acceptors (Lipinski definition) is 5. The Morgan fingerprint density at radius 2 is 1.30 bits per heavy atom. The van der Waals surface area contributed by atoms with Gasteiger partial charge in [0.1, 0.15) is 6.61 Å². The molecule has 0 spiro atoms. The number of carboxylic acids is 1. The molecule has 174 valence electrons. The number of ether oxygens (including phenoxy) is 1. The number of carbonyl (C=O) groups excluding carboxylic acids is 2. The summed E-state index contributed by atoms with van der Waals surface area (Å²) in [6, 6.07) is 2.99. The molecule has 6 nitrogen and oxygen atoms in total. The van der Waals surface area contributed by atoms with Crippen molar-refractivity contribution in [2.24, 2.45) is 0 Å². The number of rotatable bonds is 18. The van der Waals surface area contributed by atoms with Crippen molar-refractivity contribution in [3.63, 3.8) is 0 Å². The van der Waals surface area contributed by atoms with Crippen molar-refractivity contribution in [2.45, 2.75) is 110 Å². The summed E-state index contributed by atoms with van der Waals surface area (Å²) in [7, 11) is -2.14. The van der Waals surface area contributed by atoms with E-state index in [0.29, 0.717) is 12.8 Å². The summed E-state index contributed by atoms with van der Waals surface area (Å²) in [6.07, 6.45) is 9.28. The third-order valence-electron chi connectivity index (χ3n) is 5.19. The fourth-order valence-electron chi connectivity index (χ4n) is 3.39. The van der Waals surface area contributed by atoms with Gasteiger partial charge in [0.2, 0.25) is 0 Å². The Morgan fingerprint density at radius 3 is 1.73 bits per heavy atom. The maximum absolute atomic E-state index is 12.6. The number of aliphatic carboxylic acids is 1. The lowest BCUT2D eigenvalue weighted by Crippen LogP contribution is -2.40. The first-order valence-corrected chi connectivity index (χ1v) is 14.2. The van der Waals surface area contributed by atoms with Gasteiger partial charge in [-0.1, -0.05) is 72.6 Å². The minimum absolute atomic E-state index is 0.0129. The molecular weight excluding hydrogens is 400 g/mol. The van der Waals surface area contributed by atoms with Gasteiger partial charge in [-0.25, -0.2) is 9.59 Å². The van der Waals surface area contributed by atoms with Crippen molar-refractivity contribution in [2.75, 3.05) is 6.61 Å².